The summed E-state index contributed by atoms with van der Waals surface area (Å²) in [6.45, 7) is 8.85. The lowest BCUT2D eigenvalue weighted by atomic mass is 10.1. The zero-order valence-corrected chi connectivity index (χ0v) is 18.2. The lowest BCUT2D eigenvalue weighted by Crippen LogP contribution is -2.44. The van der Waals surface area contributed by atoms with Gasteiger partial charge in [-0.1, -0.05) is 25.4 Å². The van der Waals surface area contributed by atoms with Crippen molar-refractivity contribution in [3.05, 3.63) is 53.1 Å². The fourth-order valence-corrected chi connectivity index (χ4v) is 3.41. The van der Waals surface area contributed by atoms with Gasteiger partial charge in [0.15, 0.2) is 0 Å². The number of amides is 1. The van der Waals surface area contributed by atoms with Gasteiger partial charge in [-0.3, -0.25) is 4.79 Å². The molecule has 2 aromatic carbocycles. The molecule has 0 bridgehead atoms. The van der Waals surface area contributed by atoms with E-state index in [0.717, 1.165) is 49.7 Å². The maximum Gasteiger partial charge on any atom is 0.255 e. The average Bonchev–Trinajstić information content (AvgIpc) is 2.69. The molecule has 0 aromatic heterocycles. The summed E-state index contributed by atoms with van der Waals surface area (Å²) in [6.07, 6.45) is 1.01. The Hall–Kier alpha value is -2.24. The molecule has 0 saturated carbocycles. The molecule has 1 saturated heterocycles. The highest BCUT2D eigenvalue weighted by Gasteiger charge is 2.19. The van der Waals surface area contributed by atoms with Gasteiger partial charge in [0.2, 0.25) is 0 Å². The number of halogens is 1. The topological polar surface area (TPSA) is 44.8 Å². The molecule has 1 N–H and O–H groups in total. The molecule has 1 aliphatic heterocycles. The van der Waals surface area contributed by atoms with Gasteiger partial charge in [0, 0.05) is 36.8 Å². The van der Waals surface area contributed by atoms with E-state index in [-0.39, 0.29) is 5.91 Å². The third-order valence-corrected chi connectivity index (χ3v) is 5.37. The van der Waals surface area contributed by atoms with Crippen LogP contribution < -0.4 is 15.0 Å². The summed E-state index contributed by atoms with van der Waals surface area (Å²) in [4.78, 5) is 17.4. The van der Waals surface area contributed by atoms with Crippen molar-refractivity contribution < 1.29 is 9.53 Å². The van der Waals surface area contributed by atoms with Gasteiger partial charge in [0.1, 0.15) is 5.75 Å². The molecule has 0 unspecified atom stereocenters. The SMILES string of the molecule is CC(C)CCOc1ccc(C(=O)Nc2cc(Cl)ccc2N2CCN(C)CC2)cc1. The van der Waals surface area contributed by atoms with E-state index in [2.05, 4.69) is 36.0 Å². The summed E-state index contributed by atoms with van der Waals surface area (Å²) >= 11 is 6.21. The van der Waals surface area contributed by atoms with Crippen LogP contribution >= 0.6 is 11.6 Å². The summed E-state index contributed by atoms with van der Waals surface area (Å²) < 4.78 is 5.73. The van der Waals surface area contributed by atoms with Crippen molar-refractivity contribution in [1.29, 1.82) is 0 Å². The summed E-state index contributed by atoms with van der Waals surface area (Å²) in [7, 11) is 2.12. The Bertz CT molecular complexity index is 815. The Morgan fingerprint density at radius 2 is 1.79 bits per heavy atom. The van der Waals surface area contributed by atoms with Crippen LogP contribution in [-0.4, -0.2) is 50.6 Å². The largest absolute Gasteiger partial charge is 0.494 e. The first-order chi connectivity index (χ1) is 13.9. The van der Waals surface area contributed by atoms with Crippen molar-refractivity contribution in [2.75, 3.05) is 50.1 Å². The van der Waals surface area contributed by atoms with Crippen molar-refractivity contribution in [3.8, 4) is 5.75 Å². The molecule has 3 rings (SSSR count). The summed E-state index contributed by atoms with van der Waals surface area (Å²) in [5.41, 5.74) is 2.33. The number of carbonyl (C=O) groups is 1. The van der Waals surface area contributed by atoms with E-state index in [4.69, 9.17) is 16.3 Å². The van der Waals surface area contributed by atoms with Crippen molar-refractivity contribution >= 4 is 28.9 Å². The van der Waals surface area contributed by atoms with Crippen molar-refractivity contribution in [1.82, 2.24) is 4.90 Å². The fraction of sp³-hybridized carbons (Fsp3) is 0.435. The number of hydrogen-bond acceptors (Lipinski definition) is 4. The molecular weight excluding hydrogens is 386 g/mol. The maximum absolute atomic E-state index is 12.8. The van der Waals surface area contributed by atoms with E-state index in [1.54, 1.807) is 12.1 Å². The number of rotatable bonds is 7. The Morgan fingerprint density at radius 1 is 1.10 bits per heavy atom. The lowest BCUT2D eigenvalue weighted by molar-refractivity contribution is 0.102. The minimum Gasteiger partial charge on any atom is -0.494 e. The number of likely N-dealkylation sites (N-methyl/N-ethyl adjacent to an activating group) is 1. The highest BCUT2D eigenvalue weighted by molar-refractivity contribution is 6.31. The molecule has 6 heteroatoms. The Kier molecular flexibility index (Phi) is 7.40. The van der Waals surface area contributed by atoms with Crippen molar-refractivity contribution in [2.45, 2.75) is 20.3 Å². The number of piperazine rings is 1. The number of nitrogens with one attached hydrogen (secondary N) is 1. The zero-order valence-electron chi connectivity index (χ0n) is 17.5. The third-order valence-electron chi connectivity index (χ3n) is 5.13. The predicted octanol–water partition coefficient (Wildman–Crippen LogP) is 4.77. The average molecular weight is 416 g/mol. The van der Waals surface area contributed by atoms with Crippen LogP contribution in [0.3, 0.4) is 0 Å². The zero-order chi connectivity index (χ0) is 20.8. The number of benzene rings is 2. The smallest absolute Gasteiger partial charge is 0.255 e. The van der Waals surface area contributed by atoms with Crippen LogP contribution in [0, 0.1) is 5.92 Å². The second-order valence-corrected chi connectivity index (χ2v) is 8.40. The quantitative estimate of drug-likeness (QED) is 0.707. The van der Waals surface area contributed by atoms with E-state index in [1.807, 2.05) is 30.3 Å². The number of hydrogen-bond donors (Lipinski definition) is 1. The van der Waals surface area contributed by atoms with Gasteiger partial charge in [-0.2, -0.15) is 0 Å². The van der Waals surface area contributed by atoms with Gasteiger partial charge in [-0.25, -0.2) is 0 Å². The van der Waals surface area contributed by atoms with Crippen LogP contribution in [0.5, 0.6) is 5.75 Å². The van der Waals surface area contributed by atoms with Crippen LogP contribution in [0.4, 0.5) is 11.4 Å². The molecule has 0 spiro atoms. The molecule has 1 fully saturated rings. The van der Waals surface area contributed by atoms with Crippen LogP contribution in [0.2, 0.25) is 5.02 Å². The van der Waals surface area contributed by atoms with E-state index in [0.29, 0.717) is 23.1 Å². The minimum atomic E-state index is -0.156. The highest BCUT2D eigenvalue weighted by Crippen LogP contribution is 2.30. The van der Waals surface area contributed by atoms with Gasteiger partial charge < -0.3 is 19.9 Å². The van der Waals surface area contributed by atoms with Gasteiger partial charge in [0.05, 0.1) is 18.0 Å². The molecule has 0 aliphatic carbocycles. The number of anilines is 2. The Balaban J connectivity index is 1.67. The van der Waals surface area contributed by atoms with Gasteiger partial charge in [-0.15, -0.1) is 0 Å². The van der Waals surface area contributed by atoms with Crippen LogP contribution in [0.1, 0.15) is 30.6 Å². The Morgan fingerprint density at radius 3 is 2.45 bits per heavy atom. The monoisotopic (exact) mass is 415 g/mol. The Labute approximate surface area is 178 Å². The predicted molar refractivity (Wildman–Crippen MR) is 121 cm³/mol. The molecule has 29 heavy (non-hydrogen) atoms. The molecule has 2 aromatic rings. The standard InChI is InChI=1S/C23H30ClN3O2/c1-17(2)10-15-29-20-7-4-18(5-8-20)23(28)25-21-16-19(24)6-9-22(21)27-13-11-26(3)12-14-27/h4-9,16-17H,10-15H2,1-3H3,(H,25,28). The molecule has 1 aliphatic rings. The molecule has 5 nitrogen and oxygen atoms in total. The van der Waals surface area contributed by atoms with Crippen LogP contribution in [-0.2, 0) is 0 Å². The highest BCUT2D eigenvalue weighted by atomic mass is 35.5. The first kappa shape index (κ1) is 21.5. The molecular formula is C23H30ClN3O2. The molecule has 1 amide bonds. The first-order valence-corrected chi connectivity index (χ1v) is 10.6. The maximum atomic E-state index is 12.8. The summed E-state index contributed by atoms with van der Waals surface area (Å²) in [6, 6.07) is 12.9. The van der Waals surface area contributed by atoms with Crippen LogP contribution in [0.15, 0.2) is 42.5 Å². The van der Waals surface area contributed by atoms with Crippen molar-refractivity contribution in [3.63, 3.8) is 0 Å². The normalized spacial score (nSPS) is 14.9. The number of nitrogens with zero attached hydrogens (tertiary/aromatic N) is 2. The molecule has 1 heterocycles. The van der Waals surface area contributed by atoms with E-state index in [9.17, 15) is 4.79 Å². The summed E-state index contributed by atoms with van der Waals surface area (Å²) in [5, 5.41) is 3.64. The van der Waals surface area contributed by atoms with Gasteiger partial charge in [0.25, 0.3) is 5.91 Å². The second kappa shape index (κ2) is 9.99. The molecule has 0 radical (unpaired) electrons. The minimum absolute atomic E-state index is 0.156. The number of carbonyl (C=O) groups excluding carboxylic acids is 1. The first-order valence-electron chi connectivity index (χ1n) is 10.2. The second-order valence-electron chi connectivity index (χ2n) is 7.96. The van der Waals surface area contributed by atoms with E-state index < -0.39 is 0 Å². The lowest BCUT2D eigenvalue weighted by Gasteiger charge is -2.35. The summed E-state index contributed by atoms with van der Waals surface area (Å²) in [5.74, 6) is 1.23. The number of ether oxygens (including phenoxy) is 1. The third kappa shape index (κ3) is 6.12. The van der Waals surface area contributed by atoms with E-state index >= 15 is 0 Å². The molecule has 156 valence electrons. The van der Waals surface area contributed by atoms with Crippen LogP contribution in [0.25, 0.3) is 0 Å². The van der Waals surface area contributed by atoms with Gasteiger partial charge >= 0.3 is 0 Å². The molecule has 0 atom stereocenters. The van der Waals surface area contributed by atoms with E-state index in [1.165, 1.54) is 0 Å². The fourth-order valence-electron chi connectivity index (χ4n) is 3.24. The van der Waals surface area contributed by atoms with Crippen molar-refractivity contribution in [2.24, 2.45) is 5.92 Å². The van der Waals surface area contributed by atoms with Gasteiger partial charge in [-0.05, 0) is 61.9 Å².